The number of aryl methyl sites for hydroxylation is 1. The van der Waals surface area contributed by atoms with Crippen molar-refractivity contribution in [1.82, 2.24) is 0 Å². The van der Waals surface area contributed by atoms with Crippen molar-refractivity contribution < 1.29 is 4.39 Å². The van der Waals surface area contributed by atoms with Crippen LogP contribution in [0.2, 0.25) is 26.2 Å². The van der Waals surface area contributed by atoms with Crippen LogP contribution in [-0.4, -0.2) is 15.3 Å². The van der Waals surface area contributed by atoms with Crippen LogP contribution < -0.4 is 10.2 Å². The molecule has 0 saturated heterocycles. The minimum absolute atomic E-state index is 0.0774. The zero-order chi connectivity index (χ0) is 18.4. The SMILES string of the molecule is CC1=Cc2c(F)ccc([Si](C)(C)[Si](C)(C)Nc3ccc(C)cc3)c2C1. The molecule has 2 aromatic rings. The number of fused-ring (bicyclic) bond motifs is 1. The summed E-state index contributed by atoms with van der Waals surface area (Å²) in [5, 5.41) is 1.42. The van der Waals surface area contributed by atoms with Crippen LogP contribution in [0, 0.1) is 12.7 Å². The molecule has 0 heterocycles. The third-order valence-corrected chi connectivity index (χ3v) is 22.3. The fourth-order valence-corrected chi connectivity index (χ4v) is 11.1. The lowest BCUT2D eigenvalue weighted by atomic mass is 10.1. The number of allylic oxidation sites excluding steroid dienone is 1. The van der Waals surface area contributed by atoms with Gasteiger partial charge in [-0.05, 0) is 44.0 Å². The first kappa shape index (κ1) is 18.1. The topological polar surface area (TPSA) is 12.0 Å². The fraction of sp³-hybridized carbons (Fsp3) is 0.333. The Morgan fingerprint density at radius 1 is 0.920 bits per heavy atom. The molecule has 1 aliphatic rings. The highest BCUT2D eigenvalue weighted by atomic mass is 29.3. The second-order valence-corrected chi connectivity index (χ2v) is 23.2. The lowest BCUT2D eigenvalue weighted by Crippen LogP contribution is -2.68. The van der Waals surface area contributed by atoms with E-state index >= 15 is 0 Å². The van der Waals surface area contributed by atoms with Crippen LogP contribution in [0.3, 0.4) is 0 Å². The van der Waals surface area contributed by atoms with Gasteiger partial charge in [0.1, 0.15) is 13.6 Å². The second-order valence-electron chi connectivity index (χ2n) is 8.40. The Labute approximate surface area is 152 Å². The first-order chi connectivity index (χ1) is 11.6. The van der Waals surface area contributed by atoms with E-state index in [9.17, 15) is 4.39 Å². The Morgan fingerprint density at radius 2 is 1.56 bits per heavy atom. The van der Waals surface area contributed by atoms with Crippen LogP contribution in [-0.2, 0) is 6.42 Å². The molecular formula is C21H28FNSi2. The Balaban J connectivity index is 1.99. The van der Waals surface area contributed by atoms with Crippen LogP contribution in [0.1, 0.15) is 23.6 Å². The zero-order valence-corrected chi connectivity index (χ0v) is 18.1. The predicted molar refractivity (Wildman–Crippen MR) is 113 cm³/mol. The first-order valence-corrected chi connectivity index (χ1v) is 16.0. The summed E-state index contributed by atoms with van der Waals surface area (Å²) in [5.74, 6) is -0.0774. The van der Waals surface area contributed by atoms with Gasteiger partial charge in [0.25, 0.3) is 0 Å². The van der Waals surface area contributed by atoms with E-state index in [4.69, 9.17) is 0 Å². The molecule has 0 radical (unpaired) electrons. The summed E-state index contributed by atoms with van der Waals surface area (Å²) in [6, 6.07) is 12.4. The number of rotatable bonds is 4. The molecule has 0 spiro atoms. The summed E-state index contributed by atoms with van der Waals surface area (Å²) in [4.78, 5) is 3.89. The van der Waals surface area contributed by atoms with Gasteiger partial charge in [-0.15, -0.1) is 0 Å². The summed E-state index contributed by atoms with van der Waals surface area (Å²) >= 11 is 0. The smallest absolute Gasteiger partial charge is 0.141 e. The summed E-state index contributed by atoms with van der Waals surface area (Å²) in [6.45, 7) is 13.9. The van der Waals surface area contributed by atoms with Crippen LogP contribution >= 0.6 is 0 Å². The van der Waals surface area contributed by atoms with E-state index in [1.807, 2.05) is 6.08 Å². The average molecular weight is 370 g/mol. The molecule has 1 aliphatic carbocycles. The van der Waals surface area contributed by atoms with E-state index < -0.39 is 15.3 Å². The van der Waals surface area contributed by atoms with Crippen LogP contribution in [0.25, 0.3) is 6.08 Å². The lowest BCUT2D eigenvalue weighted by Gasteiger charge is -2.41. The zero-order valence-electron chi connectivity index (χ0n) is 16.1. The first-order valence-electron chi connectivity index (χ1n) is 8.96. The van der Waals surface area contributed by atoms with Crippen LogP contribution in [0.15, 0.2) is 42.0 Å². The summed E-state index contributed by atoms with van der Waals surface area (Å²) in [5.41, 5.74) is 5.81. The summed E-state index contributed by atoms with van der Waals surface area (Å²) < 4.78 is 14.3. The molecule has 0 fully saturated rings. The minimum Gasteiger partial charge on any atom is -0.412 e. The summed E-state index contributed by atoms with van der Waals surface area (Å²) in [7, 11) is -3.55. The largest absolute Gasteiger partial charge is 0.412 e. The van der Waals surface area contributed by atoms with Gasteiger partial charge in [-0.2, -0.15) is 0 Å². The molecule has 0 atom stereocenters. The number of halogens is 1. The lowest BCUT2D eigenvalue weighted by molar-refractivity contribution is 0.624. The van der Waals surface area contributed by atoms with Crippen LogP contribution in [0.4, 0.5) is 10.1 Å². The van der Waals surface area contributed by atoms with Crippen molar-refractivity contribution >= 4 is 32.3 Å². The number of anilines is 1. The van der Waals surface area contributed by atoms with E-state index in [0.717, 1.165) is 12.0 Å². The Morgan fingerprint density at radius 3 is 2.20 bits per heavy atom. The maximum absolute atomic E-state index is 14.3. The Kier molecular flexibility index (Phi) is 4.54. The van der Waals surface area contributed by atoms with E-state index in [2.05, 4.69) is 75.3 Å². The maximum atomic E-state index is 14.3. The van der Waals surface area contributed by atoms with Gasteiger partial charge in [0.2, 0.25) is 0 Å². The second kappa shape index (κ2) is 6.25. The number of hydrogen-bond donors (Lipinski definition) is 1. The Bertz CT molecular complexity index is 836. The standard InChI is InChI=1S/C21H28FNSi2/c1-15-7-9-17(10-8-15)23-25(5,6)24(3,4)21-12-11-20(22)18-13-16(2)14-19(18)21/h7-13,23H,14H2,1-6H3. The molecule has 25 heavy (non-hydrogen) atoms. The third-order valence-electron chi connectivity index (χ3n) is 5.89. The van der Waals surface area contributed by atoms with Gasteiger partial charge in [0.05, 0.1) is 7.59 Å². The molecule has 0 amide bonds. The predicted octanol–water partition coefficient (Wildman–Crippen LogP) is 5.40. The van der Waals surface area contributed by atoms with E-state index in [-0.39, 0.29) is 5.82 Å². The van der Waals surface area contributed by atoms with Gasteiger partial charge in [-0.1, -0.05) is 66.8 Å². The monoisotopic (exact) mass is 369 g/mol. The van der Waals surface area contributed by atoms with Gasteiger partial charge in [-0.3, -0.25) is 0 Å². The molecule has 0 aromatic heterocycles. The van der Waals surface area contributed by atoms with Crippen molar-refractivity contribution in [3.8, 4) is 0 Å². The number of hydrogen-bond acceptors (Lipinski definition) is 1. The molecule has 0 aliphatic heterocycles. The maximum Gasteiger partial charge on any atom is 0.141 e. The Hall–Kier alpha value is -1.66. The van der Waals surface area contributed by atoms with Crippen molar-refractivity contribution in [2.24, 2.45) is 0 Å². The third kappa shape index (κ3) is 3.25. The minimum atomic E-state index is -1.79. The number of nitrogens with one attached hydrogen (secondary N) is 1. The normalized spacial score (nSPS) is 14.3. The van der Waals surface area contributed by atoms with Gasteiger partial charge in [0.15, 0.2) is 0 Å². The van der Waals surface area contributed by atoms with Crippen molar-refractivity contribution in [3.05, 3.63) is 64.5 Å². The fourth-order valence-electron chi connectivity index (χ4n) is 3.64. The highest BCUT2D eigenvalue weighted by Crippen LogP contribution is 2.30. The molecule has 0 unspecified atom stereocenters. The molecule has 1 nitrogen and oxygen atoms in total. The molecule has 4 heteroatoms. The molecule has 2 aromatic carbocycles. The van der Waals surface area contributed by atoms with Crippen molar-refractivity contribution in [2.75, 3.05) is 4.98 Å². The van der Waals surface area contributed by atoms with Crippen molar-refractivity contribution in [2.45, 2.75) is 46.5 Å². The average Bonchev–Trinajstić information content (AvgIpc) is 2.91. The highest BCUT2D eigenvalue weighted by Gasteiger charge is 2.45. The molecule has 0 saturated carbocycles. The van der Waals surface area contributed by atoms with Crippen LogP contribution in [0.5, 0.6) is 0 Å². The number of benzene rings is 2. The molecule has 0 bridgehead atoms. The van der Waals surface area contributed by atoms with Crippen molar-refractivity contribution in [3.63, 3.8) is 0 Å². The molecule has 3 rings (SSSR count). The van der Waals surface area contributed by atoms with Gasteiger partial charge >= 0.3 is 0 Å². The van der Waals surface area contributed by atoms with E-state index in [0.29, 0.717) is 0 Å². The highest BCUT2D eigenvalue weighted by molar-refractivity contribution is 7.46. The van der Waals surface area contributed by atoms with Crippen molar-refractivity contribution in [1.29, 1.82) is 0 Å². The molecule has 132 valence electrons. The van der Waals surface area contributed by atoms with Gasteiger partial charge < -0.3 is 4.98 Å². The van der Waals surface area contributed by atoms with E-state index in [1.54, 1.807) is 6.07 Å². The van der Waals surface area contributed by atoms with Gasteiger partial charge in [0, 0.05) is 11.3 Å². The van der Waals surface area contributed by atoms with Gasteiger partial charge in [-0.25, -0.2) is 4.39 Å². The molecular weight excluding hydrogens is 341 g/mol. The summed E-state index contributed by atoms with van der Waals surface area (Å²) in [6.07, 6.45) is 2.93. The quantitative estimate of drug-likeness (QED) is 0.711. The molecule has 1 N–H and O–H groups in total. The van der Waals surface area contributed by atoms with E-state index in [1.165, 1.54) is 27.6 Å².